The van der Waals surface area contributed by atoms with E-state index in [1.165, 1.54) is 0 Å². The number of hydrogen-bond donors (Lipinski definition) is 1. The summed E-state index contributed by atoms with van der Waals surface area (Å²) in [6, 6.07) is 15.4. The number of aryl methyl sites for hydroxylation is 1. The SMILES string of the molecule is Cc1ccccc1C(=O)NC1CCN(C(=O)c2ccccc2I)CC1. The summed E-state index contributed by atoms with van der Waals surface area (Å²) >= 11 is 2.20. The van der Waals surface area contributed by atoms with Gasteiger partial charge in [0.05, 0.1) is 5.56 Å². The largest absolute Gasteiger partial charge is 0.349 e. The molecule has 130 valence electrons. The Morgan fingerprint density at radius 2 is 1.60 bits per heavy atom. The molecule has 1 saturated heterocycles. The molecular formula is C20H21IN2O2. The monoisotopic (exact) mass is 448 g/mol. The minimum absolute atomic E-state index is 0.0273. The third-order valence-corrected chi connectivity index (χ3v) is 5.55. The molecule has 4 nitrogen and oxygen atoms in total. The zero-order valence-corrected chi connectivity index (χ0v) is 16.3. The number of amides is 2. The van der Waals surface area contributed by atoms with Gasteiger partial charge in [-0.1, -0.05) is 30.3 Å². The second-order valence-electron chi connectivity index (χ2n) is 6.33. The number of rotatable bonds is 3. The van der Waals surface area contributed by atoms with Crippen molar-refractivity contribution in [1.29, 1.82) is 0 Å². The van der Waals surface area contributed by atoms with Gasteiger partial charge in [-0.2, -0.15) is 0 Å². The van der Waals surface area contributed by atoms with E-state index in [-0.39, 0.29) is 17.9 Å². The van der Waals surface area contributed by atoms with Gasteiger partial charge in [-0.25, -0.2) is 0 Å². The maximum absolute atomic E-state index is 12.6. The number of carbonyl (C=O) groups excluding carboxylic acids is 2. The maximum Gasteiger partial charge on any atom is 0.254 e. The zero-order chi connectivity index (χ0) is 17.8. The maximum atomic E-state index is 12.6. The van der Waals surface area contributed by atoms with Gasteiger partial charge in [-0.15, -0.1) is 0 Å². The van der Waals surface area contributed by atoms with Gasteiger partial charge in [0.15, 0.2) is 0 Å². The minimum Gasteiger partial charge on any atom is -0.349 e. The molecule has 2 amide bonds. The number of benzene rings is 2. The lowest BCUT2D eigenvalue weighted by atomic mass is 10.0. The van der Waals surface area contributed by atoms with Gasteiger partial charge < -0.3 is 10.2 Å². The number of hydrogen-bond acceptors (Lipinski definition) is 2. The summed E-state index contributed by atoms with van der Waals surface area (Å²) in [5.41, 5.74) is 2.46. The van der Waals surface area contributed by atoms with Crippen LogP contribution in [0, 0.1) is 10.5 Å². The fraction of sp³-hybridized carbons (Fsp3) is 0.300. The Labute approximate surface area is 161 Å². The molecule has 1 heterocycles. The predicted molar refractivity (Wildman–Crippen MR) is 107 cm³/mol. The van der Waals surface area contributed by atoms with E-state index >= 15 is 0 Å². The van der Waals surface area contributed by atoms with Gasteiger partial charge in [-0.05, 0) is 66.1 Å². The number of nitrogens with one attached hydrogen (secondary N) is 1. The van der Waals surface area contributed by atoms with E-state index in [9.17, 15) is 9.59 Å². The van der Waals surface area contributed by atoms with Crippen LogP contribution in [0.15, 0.2) is 48.5 Å². The highest BCUT2D eigenvalue weighted by Crippen LogP contribution is 2.18. The summed E-state index contributed by atoms with van der Waals surface area (Å²) in [5.74, 6) is 0.0502. The summed E-state index contributed by atoms with van der Waals surface area (Å²) < 4.78 is 0.972. The third-order valence-electron chi connectivity index (χ3n) is 4.61. The molecule has 5 heteroatoms. The highest BCUT2D eigenvalue weighted by molar-refractivity contribution is 14.1. The lowest BCUT2D eigenvalue weighted by Gasteiger charge is -2.32. The van der Waals surface area contributed by atoms with Crippen LogP contribution in [-0.2, 0) is 0 Å². The molecule has 0 bridgehead atoms. The van der Waals surface area contributed by atoms with Gasteiger partial charge in [0.25, 0.3) is 11.8 Å². The molecular weight excluding hydrogens is 427 g/mol. The Bertz CT molecular complexity index is 783. The Morgan fingerprint density at radius 1 is 1.00 bits per heavy atom. The Hall–Kier alpha value is -1.89. The predicted octanol–water partition coefficient (Wildman–Crippen LogP) is 3.63. The molecule has 1 fully saturated rings. The van der Waals surface area contributed by atoms with Crippen molar-refractivity contribution in [3.05, 3.63) is 68.8 Å². The summed E-state index contributed by atoms with van der Waals surface area (Å²) in [4.78, 5) is 27.0. The first kappa shape index (κ1) is 17.9. The van der Waals surface area contributed by atoms with Crippen molar-refractivity contribution in [1.82, 2.24) is 10.2 Å². The average Bonchev–Trinajstić information content (AvgIpc) is 2.62. The minimum atomic E-state index is -0.0273. The molecule has 0 aliphatic carbocycles. The van der Waals surface area contributed by atoms with Crippen molar-refractivity contribution in [3.63, 3.8) is 0 Å². The Balaban J connectivity index is 1.57. The van der Waals surface area contributed by atoms with Crippen LogP contribution >= 0.6 is 22.6 Å². The molecule has 0 unspecified atom stereocenters. The Kier molecular flexibility index (Phi) is 5.73. The van der Waals surface area contributed by atoms with Gasteiger partial charge in [0, 0.05) is 28.3 Å². The first-order chi connectivity index (χ1) is 12.1. The summed E-state index contributed by atoms with van der Waals surface area (Å²) in [6.07, 6.45) is 1.57. The fourth-order valence-electron chi connectivity index (χ4n) is 3.12. The fourth-order valence-corrected chi connectivity index (χ4v) is 3.74. The van der Waals surface area contributed by atoms with Crippen LogP contribution in [0.25, 0.3) is 0 Å². The van der Waals surface area contributed by atoms with Crippen LogP contribution in [0.1, 0.15) is 39.1 Å². The van der Waals surface area contributed by atoms with Crippen molar-refractivity contribution in [2.24, 2.45) is 0 Å². The standard InChI is InChI=1S/C20H21IN2O2/c1-14-6-2-3-7-16(14)19(24)22-15-10-12-23(13-11-15)20(25)17-8-4-5-9-18(17)21/h2-9,15H,10-13H2,1H3,(H,22,24). The third kappa shape index (κ3) is 4.21. The van der Waals surface area contributed by atoms with Crippen molar-refractivity contribution in [3.8, 4) is 0 Å². The summed E-state index contributed by atoms with van der Waals surface area (Å²) in [7, 11) is 0. The van der Waals surface area contributed by atoms with Crippen molar-refractivity contribution in [2.75, 3.05) is 13.1 Å². The quantitative estimate of drug-likeness (QED) is 0.730. The molecule has 0 spiro atoms. The first-order valence-electron chi connectivity index (χ1n) is 8.46. The second-order valence-corrected chi connectivity index (χ2v) is 7.50. The highest BCUT2D eigenvalue weighted by atomic mass is 127. The van der Waals surface area contributed by atoms with Gasteiger partial charge >= 0.3 is 0 Å². The van der Waals surface area contributed by atoms with E-state index < -0.39 is 0 Å². The number of likely N-dealkylation sites (tertiary alicyclic amines) is 1. The topological polar surface area (TPSA) is 49.4 Å². The number of nitrogens with zero attached hydrogens (tertiary/aromatic N) is 1. The summed E-state index contributed by atoms with van der Waals surface area (Å²) in [6.45, 7) is 3.28. The van der Waals surface area contributed by atoms with Crippen LogP contribution in [-0.4, -0.2) is 35.8 Å². The van der Waals surface area contributed by atoms with Crippen LogP contribution in [0.2, 0.25) is 0 Å². The van der Waals surface area contributed by atoms with E-state index in [1.807, 2.05) is 60.4 Å². The molecule has 1 aliphatic rings. The van der Waals surface area contributed by atoms with Crippen LogP contribution in [0.4, 0.5) is 0 Å². The van der Waals surface area contributed by atoms with Crippen LogP contribution in [0.3, 0.4) is 0 Å². The van der Waals surface area contributed by atoms with Crippen LogP contribution in [0.5, 0.6) is 0 Å². The van der Waals surface area contributed by atoms with Gasteiger partial charge in [0.1, 0.15) is 0 Å². The molecule has 0 atom stereocenters. The molecule has 2 aromatic rings. The van der Waals surface area contributed by atoms with Crippen molar-refractivity contribution >= 4 is 34.4 Å². The molecule has 0 aromatic heterocycles. The first-order valence-corrected chi connectivity index (χ1v) is 9.54. The molecule has 0 saturated carbocycles. The summed E-state index contributed by atoms with van der Waals surface area (Å²) in [5, 5.41) is 3.11. The number of piperidine rings is 1. The van der Waals surface area contributed by atoms with Crippen molar-refractivity contribution < 1.29 is 9.59 Å². The smallest absolute Gasteiger partial charge is 0.254 e. The van der Waals surface area contributed by atoms with E-state index in [2.05, 4.69) is 27.9 Å². The van der Waals surface area contributed by atoms with Gasteiger partial charge in [0.2, 0.25) is 0 Å². The van der Waals surface area contributed by atoms with Crippen LogP contribution < -0.4 is 5.32 Å². The van der Waals surface area contributed by atoms with Crippen molar-refractivity contribution in [2.45, 2.75) is 25.8 Å². The number of carbonyl (C=O) groups is 2. The van der Waals surface area contributed by atoms with Gasteiger partial charge in [-0.3, -0.25) is 9.59 Å². The van der Waals surface area contributed by atoms with E-state index in [0.29, 0.717) is 13.1 Å². The number of halogens is 1. The Morgan fingerprint density at radius 3 is 2.24 bits per heavy atom. The molecule has 1 aliphatic heterocycles. The molecule has 3 rings (SSSR count). The molecule has 25 heavy (non-hydrogen) atoms. The molecule has 2 aromatic carbocycles. The van der Waals surface area contributed by atoms with E-state index in [1.54, 1.807) is 0 Å². The second kappa shape index (κ2) is 7.99. The van der Waals surface area contributed by atoms with E-state index in [4.69, 9.17) is 0 Å². The zero-order valence-electron chi connectivity index (χ0n) is 14.2. The highest BCUT2D eigenvalue weighted by Gasteiger charge is 2.25. The average molecular weight is 448 g/mol. The normalized spacial score (nSPS) is 15.0. The molecule has 0 radical (unpaired) electrons. The molecule has 1 N–H and O–H groups in total. The lowest BCUT2D eigenvalue weighted by Crippen LogP contribution is -2.46. The lowest BCUT2D eigenvalue weighted by molar-refractivity contribution is 0.0697. The van der Waals surface area contributed by atoms with E-state index in [0.717, 1.165) is 33.1 Å².